The molecule has 0 fully saturated rings. The first-order valence-electron chi connectivity index (χ1n) is 8.91. The Morgan fingerprint density at radius 3 is 1.17 bits per heavy atom. The molecule has 0 unspecified atom stereocenters. The molecule has 156 valence electrons. The SMILES string of the molecule is C.CC(C)=O.CC(C)=O.Cc1nc(C)nc(-c2ccccc2)n1.c1ccccc1. The van der Waals surface area contributed by atoms with Gasteiger partial charge in [0.05, 0.1) is 0 Å². The maximum absolute atomic E-state index is 9.44. The molecule has 3 rings (SSSR count). The predicted octanol–water partition coefficient (Wildman–Crippen LogP) is 5.67. The van der Waals surface area contributed by atoms with E-state index >= 15 is 0 Å². The van der Waals surface area contributed by atoms with Crippen LogP contribution in [0.3, 0.4) is 0 Å². The second kappa shape index (κ2) is 16.9. The van der Waals surface area contributed by atoms with Crippen molar-refractivity contribution in [1.82, 2.24) is 15.0 Å². The zero-order chi connectivity index (χ0) is 21.4. The number of carbonyl (C=O) groups excluding carboxylic acids is 2. The van der Waals surface area contributed by atoms with E-state index in [2.05, 4.69) is 15.0 Å². The molecule has 0 radical (unpaired) electrons. The van der Waals surface area contributed by atoms with Crippen LogP contribution in [0.25, 0.3) is 11.4 Å². The van der Waals surface area contributed by atoms with Crippen LogP contribution in [-0.2, 0) is 9.59 Å². The summed E-state index contributed by atoms with van der Waals surface area (Å²) in [5, 5.41) is 0. The number of Topliss-reactive ketones (excluding diaryl/α,β-unsaturated/α-hetero) is 2. The maximum atomic E-state index is 9.44. The van der Waals surface area contributed by atoms with E-state index in [4.69, 9.17) is 0 Å². The summed E-state index contributed by atoms with van der Waals surface area (Å²) in [6, 6.07) is 21.9. The summed E-state index contributed by atoms with van der Waals surface area (Å²) in [4.78, 5) is 31.6. The molecule has 5 heteroatoms. The highest BCUT2D eigenvalue weighted by molar-refractivity contribution is 5.72. The van der Waals surface area contributed by atoms with Crippen LogP contribution in [0.1, 0.15) is 46.8 Å². The third-order valence-electron chi connectivity index (χ3n) is 2.56. The lowest BCUT2D eigenvalue weighted by Crippen LogP contribution is -1.98. The molecular formula is C24H33N3O2. The highest BCUT2D eigenvalue weighted by Gasteiger charge is 2.02. The number of rotatable bonds is 1. The number of aromatic nitrogens is 3. The van der Waals surface area contributed by atoms with Gasteiger partial charge in [-0.25, -0.2) is 15.0 Å². The molecule has 5 nitrogen and oxygen atoms in total. The molecule has 0 amide bonds. The summed E-state index contributed by atoms with van der Waals surface area (Å²) in [6.45, 7) is 9.86. The minimum atomic E-state index is 0. The monoisotopic (exact) mass is 395 g/mol. The van der Waals surface area contributed by atoms with Crippen LogP contribution in [0.4, 0.5) is 0 Å². The molecule has 29 heavy (non-hydrogen) atoms. The Balaban J connectivity index is 0. The van der Waals surface area contributed by atoms with Crippen LogP contribution < -0.4 is 0 Å². The number of ketones is 2. The van der Waals surface area contributed by atoms with E-state index in [0.717, 1.165) is 23.0 Å². The first-order chi connectivity index (χ1) is 13.2. The average Bonchev–Trinajstić information content (AvgIpc) is 2.63. The largest absolute Gasteiger partial charge is 0.300 e. The van der Waals surface area contributed by atoms with Crippen molar-refractivity contribution >= 4 is 11.6 Å². The fourth-order valence-electron chi connectivity index (χ4n) is 1.72. The Kier molecular flexibility index (Phi) is 16.3. The third-order valence-corrected chi connectivity index (χ3v) is 2.56. The van der Waals surface area contributed by atoms with E-state index in [-0.39, 0.29) is 19.0 Å². The number of aryl methyl sites for hydroxylation is 2. The first kappa shape index (κ1) is 28.0. The third kappa shape index (κ3) is 17.9. The zero-order valence-electron chi connectivity index (χ0n) is 17.5. The van der Waals surface area contributed by atoms with Crippen molar-refractivity contribution in [3.8, 4) is 11.4 Å². The van der Waals surface area contributed by atoms with Gasteiger partial charge in [-0.3, -0.25) is 0 Å². The maximum Gasteiger partial charge on any atom is 0.163 e. The topological polar surface area (TPSA) is 72.8 Å². The van der Waals surface area contributed by atoms with Gasteiger partial charge < -0.3 is 9.59 Å². The Hall–Kier alpha value is -3.21. The minimum absolute atomic E-state index is 0. The molecule has 0 atom stereocenters. The number of hydrogen-bond donors (Lipinski definition) is 0. The fourth-order valence-corrected chi connectivity index (χ4v) is 1.72. The van der Waals surface area contributed by atoms with E-state index in [0.29, 0.717) is 0 Å². The molecular weight excluding hydrogens is 362 g/mol. The van der Waals surface area contributed by atoms with Gasteiger partial charge in [-0.05, 0) is 41.5 Å². The number of hydrogen-bond acceptors (Lipinski definition) is 5. The van der Waals surface area contributed by atoms with Crippen molar-refractivity contribution in [3.05, 3.63) is 78.4 Å². The van der Waals surface area contributed by atoms with Gasteiger partial charge in [0.25, 0.3) is 0 Å². The lowest BCUT2D eigenvalue weighted by Gasteiger charge is -2.01. The van der Waals surface area contributed by atoms with Crippen LogP contribution in [0.5, 0.6) is 0 Å². The van der Waals surface area contributed by atoms with E-state index in [1.807, 2.05) is 80.6 Å². The number of benzene rings is 2. The second-order valence-corrected chi connectivity index (χ2v) is 6.09. The van der Waals surface area contributed by atoms with Gasteiger partial charge in [-0.15, -0.1) is 0 Å². The second-order valence-electron chi connectivity index (χ2n) is 6.09. The molecule has 0 N–H and O–H groups in total. The molecule has 0 aliphatic carbocycles. The molecule has 1 aromatic heterocycles. The Bertz CT molecular complexity index is 753. The molecule has 0 bridgehead atoms. The Morgan fingerprint density at radius 1 is 0.586 bits per heavy atom. The van der Waals surface area contributed by atoms with Crippen molar-refractivity contribution in [2.45, 2.75) is 49.0 Å². The summed E-state index contributed by atoms with van der Waals surface area (Å²) < 4.78 is 0. The summed E-state index contributed by atoms with van der Waals surface area (Å²) in [6.07, 6.45) is 0. The summed E-state index contributed by atoms with van der Waals surface area (Å²) >= 11 is 0. The summed E-state index contributed by atoms with van der Waals surface area (Å²) in [7, 11) is 0. The van der Waals surface area contributed by atoms with E-state index in [1.165, 1.54) is 27.7 Å². The van der Waals surface area contributed by atoms with Crippen LogP contribution in [-0.4, -0.2) is 26.5 Å². The average molecular weight is 396 g/mol. The fraction of sp³-hybridized carbons (Fsp3) is 0.292. The van der Waals surface area contributed by atoms with E-state index in [1.54, 1.807) is 0 Å². The van der Waals surface area contributed by atoms with Crippen LogP contribution in [0.15, 0.2) is 66.7 Å². The molecule has 1 heterocycles. The molecule has 0 aliphatic heterocycles. The van der Waals surface area contributed by atoms with Gasteiger partial charge in [0, 0.05) is 5.56 Å². The van der Waals surface area contributed by atoms with Crippen molar-refractivity contribution in [1.29, 1.82) is 0 Å². The van der Waals surface area contributed by atoms with E-state index < -0.39 is 0 Å². The molecule has 2 aromatic carbocycles. The first-order valence-corrected chi connectivity index (χ1v) is 8.91. The molecule has 0 saturated heterocycles. The van der Waals surface area contributed by atoms with E-state index in [9.17, 15) is 9.59 Å². The van der Waals surface area contributed by atoms with Gasteiger partial charge in [0.2, 0.25) is 0 Å². The molecule has 3 aromatic rings. The van der Waals surface area contributed by atoms with Crippen molar-refractivity contribution in [3.63, 3.8) is 0 Å². The van der Waals surface area contributed by atoms with Crippen molar-refractivity contribution in [2.24, 2.45) is 0 Å². The summed E-state index contributed by atoms with van der Waals surface area (Å²) in [5.74, 6) is 2.60. The van der Waals surface area contributed by atoms with Gasteiger partial charge in [-0.2, -0.15) is 0 Å². The summed E-state index contributed by atoms with van der Waals surface area (Å²) in [5.41, 5.74) is 1.03. The quantitative estimate of drug-likeness (QED) is 0.531. The molecule has 0 spiro atoms. The van der Waals surface area contributed by atoms with Crippen molar-refractivity contribution < 1.29 is 9.59 Å². The Labute approximate surface area is 175 Å². The Morgan fingerprint density at radius 2 is 0.862 bits per heavy atom. The van der Waals surface area contributed by atoms with Gasteiger partial charge in [0.15, 0.2) is 5.82 Å². The standard InChI is InChI=1S/C11H11N3.C6H6.2C3H6O.CH4/c1-8-12-9(2)14-11(13-8)10-6-4-3-5-7-10;1-2-4-6-5-3-1;2*1-3(2)4;/h3-7H,1-2H3;1-6H;2*1-2H3;1H4. The lowest BCUT2D eigenvalue weighted by molar-refractivity contribution is -0.115. The normalized spacial score (nSPS) is 8.34. The van der Waals surface area contributed by atoms with Crippen LogP contribution in [0.2, 0.25) is 0 Å². The number of nitrogens with zero attached hydrogens (tertiary/aromatic N) is 3. The zero-order valence-corrected chi connectivity index (χ0v) is 17.5. The van der Waals surface area contributed by atoms with Gasteiger partial charge in [0.1, 0.15) is 23.2 Å². The van der Waals surface area contributed by atoms with Gasteiger partial charge in [-0.1, -0.05) is 74.2 Å². The van der Waals surface area contributed by atoms with Gasteiger partial charge >= 0.3 is 0 Å². The number of carbonyl (C=O) groups is 2. The predicted molar refractivity (Wildman–Crippen MR) is 121 cm³/mol. The molecule has 0 saturated carbocycles. The molecule has 0 aliphatic rings. The highest BCUT2D eigenvalue weighted by atomic mass is 16.1. The lowest BCUT2D eigenvalue weighted by atomic mass is 10.2. The smallest absolute Gasteiger partial charge is 0.163 e. The van der Waals surface area contributed by atoms with Crippen molar-refractivity contribution in [2.75, 3.05) is 0 Å². The highest BCUT2D eigenvalue weighted by Crippen LogP contribution is 2.13. The van der Waals surface area contributed by atoms with Crippen LogP contribution in [0, 0.1) is 13.8 Å². The van der Waals surface area contributed by atoms with Crippen LogP contribution >= 0.6 is 0 Å². The minimum Gasteiger partial charge on any atom is -0.300 e.